The van der Waals surface area contributed by atoms with Crippen LogP contribution in [0.15, 0.2) is 18.2 Å². The van der Waals surface area contributed by atoms with E-state index in [9.17, 15) is 4.79 Å². The molecule has 1 amide bonds. The molecule has 0 aliphatic carbocycles. The molecule has 0 radical (unpaired) electrons. The number of hydrogen-bond acceptors (Lipinski definition) is 4. The molecule has 1 aromatic rings. The summed E-state index contributed by atoms with van der Waals surface area (Å²) in [6.07, 6.45) is 0.867. The van der Waals surface area contributed by atoms with Crippen molar-refractivity contribution < 1.29 is 14.3 Å². The maximum absolute atomic E-state index is 12.2. The normalized spacial score (nSPS) is 15.0. The average Bonchev–Trinajstić information content (AvgIpc) is 2.52. The van der Waals surface area contributed by atoms with E-state index >= 15 is 0 Å². The first kappa shape index (κ1) is 17.3. The molecule has 0 bridgehead atoms. The Balaban J connectivity index is 2.88. The molecule has 21 heavy (non-hydrogen) atoms. The van der Waals surface area contributed by atoms with Crippen molar-refractivity contribution in [2.45, 2.75) is 39.3 Å². The molecule has 5 heteroatoms. The van der Waals surface area contributed by atoms with Crippen LogP contribution in [0, 0.1) is 5.92 Å². The van der Waals surface area contributed by atoms with Crippen molar-refractivity contribution in [3.8, 4) is 11.5 Å². The SMILES string of the molecule is CCC(C)[C@H](N)C(=O)NC(C)c1cc(OC)ccc1OC. The van der Waals surface area contributed by atoms with E-state index in [1.165, 1.54) is 0 Å². The quantitative estimate of drug-likeness (QED) is 0.809. The zero-order valence-corrected chi connectivity index (χ0v) is 13.5. The summed E-state index contributed by atoms with van der Waals surface area (Å²) in [5, 5.41) is 2.94. The second kappa shape index (κ2) is 7.88. The predicted molar refractivity (Wildman–Crippen MR) is 83.5 cm³/mol. The highest BCUT2D eigenvalue weighted by atomic mass is 16.5. The first-order valence-corrected chi connectivity index (χ1v) is 7.22. The fourth-order valence-electron chi connectivity index (χ4n) is 2.08. The number of methoxy groups -OCH3 is 2. The Bertz CT molecular complexity index is 477. The zero-order chi connectivity index (χ0) is 16.0. The van der Waals surface area contributed by atoms with E-state index in [0.29, 0.717) is 5.75 Å². The summed E-state index contributed by atoms with van der Waals surface area (Å²) in [6, 6.07) is 4.79. The van der Waals surface area contributed by atoms with Gasteiger partial charge in [-0.1, -0.05) is 20.3 Å². The number of carbonyl (C=O) groups is 1. The smallest absolute Gasteiger partial charge is 0.237 e. The lowest BCUT2D eigenvalue weighted by Gasteiger charge is -2.22. The minimum absolute atomic E-state index is 0.143. The number of carbonyl (C=O) groups excluding carboxylic acids is 1. The third-order valence-corrected chi connectivity index (χ3v) is 3.82. The Labute approximate surface area is 126 Å². The van der Waals surface area contributed by atoms with Gasteiger partial charge in [0.15, 0.2) is 0 Å². The van der Waals surface area contributed by atoms with Crippen LogP contribution in [0.4, 0.5) is 0 Å². The third-order valence-electron chi connectivity index (χ3n) is 3.82. The van der Waals surface area contributed by atoms with Crippen molar-refractivity contribution in [2.24, 2.45) is 11.7 Å². The highest BCUT2D eigenvalue weighted by Gasteiger charge is 2.22. The number of amides is 1. The maximum atomic E-state index is 12.2. The number of nitrogens with two attached hydrogens (primary N) is 1. The number of ether oxygens (including phenoxy) is 2. The van der Waals surface area contributed by atoms with Crippen LogP contribution in [0.1, 0.15) is 38.8 Å². The summed E-state index contributed by atoms with van der Waals surface area (Å²) >= 11 is 0. The molecule has 1 rings (SSSR count). The van der Waals surface area contributed by atoms with Gasteiger partial charge in [0.25, 0.3) is 0 Å². The van der Waals surface area contributed by atoms with E-state index in [4.69, 9.17) is 15.2 Å². The molecule has 5 nitrogen and oxygen atoms in total. The fraction of sp³-hybridized carbons (Fsp3) is 0.562. The van der Waals surface area contributed by atoms with Gasteiger partial charge in [0, 0.05) is 5.56 Å². The van der Waals surface area contributed by atoms with Gasteiger partial charge in [0.2, 0.25) is 5.91 Å². The molecule has 1 aromatic carbocycles. The van der Waals surface area contributed by atoms with E-state index in [-0.39, 0.29) is 17.9 Å². The topological polar surface area (TPSA) is 73.6 Å². The van der Waals surface area contributed by atoms with Gasteiger partial charge in [-0.3, -0.25) is 4.79 Å². The molecular weight excluding hydrogens is 268 g/mol. The largest absolute Gasteiger partial charge is 0.497 e. The monoisotopic (exact) mass is 294 g/mol. The van der Waals surface area contributed by atoms with Gasteiger partial charge in [-0.25, -0.2) is 0 Å². The van der Waals surface area contributed by atoms with E-state index in [1.54, 1.807) is 14.2 Å². The number of nitrogens with one attached hydrogen (secondary N) is 1. The number of hydrogen-bond donors (Lipinski definition) is 2. The van der Waals surface area contributed by atoms with Gasteiger partial charge >= 0.3 is 0 Å². The third kappa shape index (κ3) is 4.36. The molecular formula is C16H26N2O3. The maximum Gasteiger partial charge on any atom is 0.237 e. The molecule has 3 atom stereocenters. The molecule has 0 saturated carbocycles. The molecule has 3 N–H and O–H groups in total. The molecule has 0 aliphatic heterocycles. The van der Waals surface area contributed by atoms with Crippen LogP contribution in [0.5, 0.6) is 11.5 Å². The van der Waals surface area contributed by atoms with Crippen LogP contribution >= 0.6 is 0 Å². The van der Waals surface area contributed by atoms with Crippen molar-refractivity contribution in [3.63, 3.8) is 0 Å². The van der Waals surface area contributed by atoms with Crippen LogP contribution in [0.25, 0.3) is 0 Å². The molecule has 0 aromatic heterocycles. The molecule has 0 aliphatic rings. The molecule has 0 spiro atoms. The first-order chi connectivity index (χ1) is 9.94. The van der Waals surface area contributed by atoms with Gasteiger partial charge in [-0.05, 0) is 31.0 Å². The lowest BCUT2D eigenvalue weighted by molar-refractivity contribution is -0.124. The molecule has 0 heterocycles. The summed E-state index contributed by atoms with van der Waals surface area (Å²) in [5.74, 6) is 1.42. The Hall–Kier alpha value is -1.75. The average molecular weight is 294 g/mol. The molecule has 0 fully saturated rings. The van der Waals surface area contributed by atoms with Gasteiger partial charge in [-0.2, -0.15) is 0 Å². The Kier molecular flexibility index (Phi) is 6.49. The van der Waals surface area contributed by atoms with Crippen molar-refractivity contribution in [1.82, 2.24) is 5.32 Å². The summed E-state index contributed by atoms with van der Waals surface area (Å²) in [4.78, 5) is 12.2. The summed E-state index contributed by atoms with van der Waals surface area (Å²) in [6.45, 7) is 5.89. The van der Waals surface area contributed by atoms with Crippen LogP contribution in [-0.4, -0.2) is 26.2 Å². The highest BCUT2D eigenvalue weighted by molar-refractivity contribution is 5.82. The standard InChI is InChI=1S/C16H26N2O3/c1-6-10(2)15(17)16(19)18-11(3)13-9-12(20-4)7-8-14(13)21-5/h7-11,15H,6,17H2,1-5H3,(H,18,19)/t10?,11?,15-/m0/s1. The number of rotatable bonds is 7. The first-order valence-electron chi connectivity index (χ1n) is 7.22. The number of benzene rings is 1. The predicted octanol–water partition coefficient (Wildman–Crippen LogP) is 2.25. The summed E-state index contributed by atoms with van der Waals surface area (Å²) in [5.41, 5.74) is 6.82. The van der Waals surface area contributed by atoms with E-state index in [0.717, 1.165) is 17.7 Å². The second-order valence-electron chi connectivity index (χ2n) is 5.25. The van der Waals surface area contributed by atoms with Crippen LogP contribution < -0.4 is 20.5 Å². The lowest BCUT2D eigenvalue weighted by Crippen LogP contribution is -2.45. The van der Waals surface area contributed by atoms with Crippen molar-refractivity contribution in [2.75, 3.05) is 14.2 Å². The van der Waals surface area contributed by atoms with Crippen molar-refractivity contribution in [1.29, 1.82) is 0 Å². The fourth-order valence-corrected chi connectivity index (χ4v) is 2.08. The van der Waals surface area contributed by atoms with E-state index < -0.39 is 6.04 Å². The van der Waals surface area contributed by atoms with Crippen molar-refractivity contribution in [3.05, 3.63) is 23.8 Å². The van der Waals surface area contributed by atoms with Gasteiger partial charge in [0.1, 0.15) is 11.5 Å². The van der Waals surface area contributed by atoms with Crippen LogP contribution in [0.2, 0.25) is 0 Å². The Morgan fingerprint density at radius 3 is 2.48 bits per heavy atom. The van der Waals surface area contributed by atoms with E-state index in [1.807, 2.05) is 39.0 Å². The molecule has 2 unspecified atom stereocenters. The minimum atomic E-state index is -0.506. The van der Waals surface area contributed by atoms with Crippen molar-refractivity contribution >= 4 is 5.91 Å². The molecule has 118 valence electrons. The van der Waals surface area contributed by atoms with E-state index in [2.05, 4.69) is 5.32 Å². The minimum Gasteiger partial charge on any atom is -0.497 e. The lowest BCUT2D eigenvalue weighted by atomic mass is 9.98. The van der Waals surface area contributed by atoms with Gasteiger partial charge in [-0.15, -0.1) is 0 Å². The Morgan fingerprint density at radius 2 is 1.95 bits per heavy atom. The summed E-state index contributed by atoms with van der Waals surface area (Å²) in [7, 11) is 3.21. The Morgan fingerprint density at radius 1 is 1.29 bits per heavy atom. The van der Waals surface area contributed by atoms with Gasteiger partial charge < -0.3 is 20.5 Å². The highest BCUT2D eigenvalue weighted by Crippen LogP contribution is 2.29. The second-order valence-corrected chi connectivity index (χ2v) is 5.25. The van der Waals surface area contributed by atoms with Gasteiger partial charge in [0.05, 0.1) is 26.3 Å². The molecule has 0 saturated heterocycles. The van der Waals surface area contributed by atoms with Crippen LogP contribution in [0.3, 0.4) is 0 Å². The summed E-state index contributed by atoms with van der Waals surface area (Å²) < 4.78 is 10.6. The zero-order valence-electron chi connectivity index (χ0n) is 13.5. The van der Waals surface area contributed by atoms with Crippen LogP contribution in [-0.2, 0) is 4.79 Å².